The molecule has 3 rings (SSSR count). The smallest absolute Gasteiger partial charge is 0.262 e. The lowest BCUT2D eigenvalue weighted by Crippen LogP contribution is -2.25. The number of fused-ring (bicyclic) bond motifs is 1. The van der Waals surface area contributed by atoms with E-state index in [1.54, 1.807) is 42.5 Å². The molecule has 2 aromatic rings. The quantitative estimate of drug-likeness (QED) is 0.811. The zero-order chi connectivity index (χ0) is 17.1. The van der Waals surface area contributed by atoms with Crippen LogP contribution in [0.4, 0.5) is 11.4 Å². The molecule has 24 heavy (non-hydrogen) atoms. The van der Waals surface area contributed by atoms with Crippen molar-refractivity contribution >= 4 is 52.5 Å². The maximum absolute atomic E-state index is 12.0. The van der Waals surface area contributed by atoms with Crippen molar-refractivity contribution in [1.29, 1.82) is 0 Å². The van der Waals surface area contributed by atoms with Gasteiger partial charge in [-0.3, -0.25) is 9.59 Å². The van der Waals surface area contributed by atoms with Crippen LogP contribution in [0.25, 0.3) is 6.08 Å². The van der Waals surface area contributed by atoms with Crippen molar-refractivity contribution in [2.75, 3.05) is 17.2 Å². The van der Waals surface area contributed by atoms with Gasteiger partial charge in [0.1, 0.15) is 5.75 Å². The highest BCUT2D eigenvalue weighted by molar-refractivity contribution is 6.34. The Balaban J connectivity index is 1.71. The van der Waals surface area contributed by atoms with Crippen molar-refractivity contribution in [2.45, 2.75) is 0 Å². The van der Waals surface area contributed by atoms with Gasteiger partial charge in [-0.25, -0.2) is 0 Å². The number of halogens is 2. The van der Waals surface area contributed by atoms with Crippen molar-refractivity contribution in [3.8, 4) is 5.75 Å². The fourth-order valence-electron chi connectivity index (χ4n) is 2.15. The molecule has 0 saturated heterocycles. The molecule has 2 aromatic carbocycles. The van der Waals surface area contributed by atoms with Crippen molar-refractivity contribution in [3.05, 3.63) is 58.1 Å². The lowest BCUT2D eigenvalue weighted by Gasteiger charge is -2.18. The Bertz CT molecular complexity index is 850. The Hall–Kier alpha value is -2.50. The van der Waals surface area contributed by atoms with Gasteiger partial charge in [-0.2, -0.15) is 0 Å². The average Bonchev–Trinajstić information content (AvgIpc) is 2.55. The van der Waals surface area contributed by atoms with Crippen LogP contribution in [0.2, 0.25) is 10.0 Å². The highest BCUT2D eigenvalue weighted by Crippen LogP contribution is 2.30. The molecule has 1 aliphatic rings. The summed E-state index contributed by atoms with van der Waals surface area (Å²) >= 11 is 11.9. The van der Waals surface area contributed by atoms with Gasteiger partial charge in [0.25, 0.3) is 5.91 Å². The van der Waals surface area contributed by atoms with Gasteiger partial charge < -0.3 is 15.4 Å². The number of amides is 2. The van der Waals surface area contributed by atoms with E-state index in [4.69, 9.17) is 27.9 Å². The third-order valence-corrected chi connectivity index (χ3v) is 3.83. The van der Waals surface area contributed by atoms with E-state index in [9.17, 15) is 9.59 Å². The molecule has 5 nitrogen and oxygen atoms in total. The monoisotopic (exact) mass is 362 g/mol. The number of rotatable bonds is 3. The molecule has 0 aromatic heterocycles. The molecule has 0 spiro atoms. The van der Waals surface area contributed by atoms with Gasteiger partial charge in [0.2, 0.25) is 5.91 Å². The summed E-state index contributed by atoms with van der Waals surface area (Å²) in [5.41, 5.74) is 1.70. The Morgan fingerprint density at radius 2 is 2.04 bits per heavy atom. The minimum absolute atomic E-state index is 0.0121. The summed E-state index contributed by atoms with van der Waals surface area (Å²) in [6.07, 6.45) is 2.93. The van der Waals surface area contributed by atoms with E-state index >= 15 is 0 Å². The number of hydrogen-bond donors (Lipinski definition) is 2. The minimum Gasteiger partial charge on any atom is -0.482 e. The average molecular weight is 363 g/mol. The van der Waals surface area contributed by atoms with Crippen LogP contribution in [0.3, 0.4) is 0 Å². The van der Waals surface area contributed by atoms with Gasteiger partial charge >= 0.3 is 0 Å². The van der Waals surface area contributed by atoms with Crippen LogP contribution in [-0.2, 0) is 9.59 Å². The van der Waals surface area contributed by atoms with E-state index in [0.29, 0.717) is 32.7 Å². The first-order valence-electron chi connectivity index (χ1n) is 7.02. The number of ether oxygens (including phenoxy) is 1. The Labute approximate surface area is 148 Å². The van der Waals surface area contributed by atoms with E-state index < -0.39 is 0 Å². The van der Waals surface area contributed by atoms with Gasteiger partial charge in [0, 0.05) is 21.8 Å². The van der Waals surface area contributed by atoms with Gasteiger partial charge in [0.05, 0.1) is 5.69 Å². The van der Waals surface area contributed by atoms with Gasteiger partial charge in [0.15, 0.2) is 6.61 Å². The van der Waals surface area contributed by atoms with Gasteiger partial charge in [-0.1, -0.05) is 23.2 Å². The lowest BCUT2D eigenvalue weighted by molar-refractivity contribution is -0.118. The molecule has 0 saturated carbocycles. The van der Waals surface area contributed by atoms with E-state index in [1.165, 1.54) is 6.08 Å². The Morgan fingerprint density at radius 1 is 1.21 bits per heavy atom. The molecular formula is C17H12Cl2N2O3. The van der Waals surface area contributed by atoms with Crippen molar-refractivity contribution in [3.63, 3.8) is 0 Å². The minimum atomic E-state index is -0.339. The highest BCUT2D eigenvalue weighted by Gasteiger charge is 2.16. The number of nitrogens with one attached hydrogen (secondary N) is 2. The largest absolute Gasteiger partial charge is 0.482 e. The molecule has 2 N–H and O–H groups in total. The molecule has 122 valence electrons. The van der Waals surface area contributed by atoms with Gasteiger partial charge in [-0.05, 0) is 48.0 Å². The molecule has 0 fully saturated rings. The zero-order valence-corrected chi connectivity index (χ0v) is 13.8. The summed E-state index contributed by atoms with van der Waals surface area (Å²) in [4.78, 5) is 23.3. The van der Waals surface area contributed by atoms with Gasteiger partial charge in [-0.15, -0.1) is 0 Å². The van der Waals surface area contributed by atoms with Crippen molar-refractivity contribution in [2.24, 2.45) is 0 Å². The maximum atomic E-state index is 12.0. The first kappa shape index (κ1) is 16.4. The third kappa shape index (κ3) is 3.88. The van der Waals surface area contributed by atoms with E-state index in [2.05, 4.69) is 10.6 Å². The van der Waals surface area contributed by atoms with Crippen LogP contribution in [0.1, 0.15) is 5.56 Å². The lowest BCUT2D eigenvalue weighted by atomic mass is 10.2. The summed E-state index contributed by atoms with van der Waals surface area (Å²) in [5, 5.41) is 6.41. The number of anilines is 2. The second-order valence-electron chi connectivity index (χ2n) is 5.04. The second-order valence-corrected chi connectivity index (χ2v) is 5.88. The van der Waals surface area contributed by atoms with Crippen LogP contribution in [0, 0.1) is 0 Å². The summed E-state index contributed by atoms with van der Waals surface area (Å²) in [6, 6.07) is 10.00. The number of hydrogen-bond acceptors (Lipinski definition) is 3. The summed E-state index contributed by atoms with van der Waals surface area (Å²) in [7, 11) is 0. The molecule has 0 bridgehead atoms. The fourth-order valence-corrected chi connectivity index (χ4v) is 2.51. The molecule has 0 radical (unpaired) electrons. The Kier molecular flexibility index (Phi) is 4.74. The van der Waals surface area contributed by atoms with Crippen molar-refractivity contribution < 1.29 is 14.3 Å². The number of carbonyl (C=O) groups is 2. The maximum Gasteiger partial charge on any atom is 0.262 e. The van der Waals surface area contributed by atoms with E-state index in [1.807, 2.05) is 0 Å². The molecule has 7 heteroatoms. The van der Waals surface area contributed by atoms with E-state index in [-0.39, 0.29) is 18.4 Å². The van der Waals surface area contributed by atoms with Crippen LogP contribution >= 0.6 is 23.2 Å². The normalized spacial score (nSPS) is 13.2. The van der Waals surface area contributed by atoms with Crippen LogP contribution < -0.4 is 15.4 Å². The standard InChI is InChI=1S/C17H12Cl2N2O3/c18-11-2-4-13(19)10(7-11)1-6-16(22)20-12-3-5-15-14(8-12)21-17(23)9-24-15/h1-8H,9H2,(H,20,22)(H,21,23)/b6-1+. The predicted molar refractivity (Wildman–Crippen MR) is 94.7 cm³/mol. The second kappa shape index (κ2) is 6.95. The fraction of sp³-hybridized carbons (Fsp3) is 0.0588. The molecule has 2 amide bonds. The first-order chi connectivity index (χ1) is 11.5. The van der Waals surface area contributed by atoms with Crippen LogP contribution in [0.15, 0.2) is 42.5 Å². The number of benzene rings is 2. The summed E-state index contributed by atoms with van der Waals surface area (Å²) in [6.45, 7) is -0.0121. The Morgan fingerprint density at radius 3 is 2.88 bits per heavy atom. The summed E-state index contributed by atoms with van der Waals surface area (Å²) in [5.74, 6) is -0.00985. The molecule has 1 heterocycles. The third-order valence-electron chi connectivity index (χ3n) is 3.25. The molecule has 0 atom stereocenters. The summed E-state index contributed by atoms with van der Waals surface area (Å²) < 4.78 is 5.26. The topological polar surface area (TPSA) is 67.4 Å². The van der Waals surface area contributed by atoms with Crippen LogP contribution in [0.5, 0.6) is 5.75 Å². The molecule has 0 unspecified atom stereocenters. The molecule has 0 aliphatic carbocycles. The number of carbonyl (C=O) groups excluding carboxylic acids is 2. The molecular weight excluding hydrogens is 351 g/mol. The van der Waals surface area contributed by atoms with Crippen molar-refractivity contribution in [1.82, 2.24) is 0 Å². The molecule has 1 aliphatic heterocycles. The highest BCUT2D eigenvalue weighted by atomic mass is 35.5. The first-order valence-corrected chi connectivity index (χ1v) is 7.78. The van der Waals surface area contributed by atoms with E-state index in [0.717, 1.165) is 0 Å². The van der Waals surface area contributed by atoms with Crippen LogP contribution in [-0.4, -0.2) is 18.4 Å². The zero-order valence-electron chi connectivity index (χ0n) is 12.3. The predicted octanol–water partition coefficient (Wildman–Crippen LogP) is 3.98. The SMILES string of the molecule is O=C(/C=C/c1cc(Cl)ccc1Cl)Nc1ccc2c(c1)NC(=O)CO2.